The summed E-state index contributed by atoms with van der Waals surface area (Å²) in [4.78, 5) is 36.5. The van der Waals surface area contributed by atoms with Crippen molar-refractivity contribution >= 4 is 29.4 Å². The highest BCUT2D eigenvalue weighted by atomic mass is 35.5. The molecule has 0 aliphatic carbocycles. The highest BCUT2D eigenvalue weighted by Gasteiger charge is 2.43. The van der Waals surface area contributed by atoms with Crippen LogP contribution in [0.1, 0.15) is 30.6 Å². The van der Waals surface area contributed by atoms with Crippen molar-refractivity contribution in [1.29, 1.82) is 0 Å². The second-order valence-corrected chi connectivity index (χ2v) is 7.03. The molecule has 0 radical (unpaired) electrons. The van der Waals surface area contributed by atoms with Crippen LogP contribution in [-0.2, 0) is 0 Å². The monoisotopic (exact) mass is 420 g/mol. The minimum Gasteiger partial charge on any atom is -0.491 e. The van der Waals surface area contributed by atoms with E-state index in [2.05, 4.69) is 9.97 Å². The number of amides is 2. The van der Waals surface area contributed by atoms with Crippen LogP contribution in [0.2, 0.25) is 5.02 Å². The van der Waals surface area contributed by atoms with Crippen LogP contribution in [0, 0.1) is 0 Å². The largest absolute Gasteiger partial charge is 0.491 e. The lowest BCUT2D eigenvalue weighted by molar-refractivity contribution is 0.0902. The molecule has 1 fully saturated rings. The van der Waals surface area contributed by atoms with Gasteiger partial charge in [0.2, 0.25) is 5.95 Å². The van der Waals surface area contributed by atoms with E-state index in [4.69, 9.17) is 16.3 Å². The van der Waals surface area contributed by atoms with Crippen LogP contribution in [-0.4, -0.2) is 58.6 Å². The first kappa shape index (κ1) is 21.0. The number of Topliss-reactive ketones (excluding diaryl/α,β-unsaturated/α-hetero) is 1. The highest BCUT2D eigenvalue weighted by molar-refractivity contribution is 6.31. The normalized spacial score (nSPS) is 17.5. The molecule has 0 saturated carbocycles. The van der Waals surface area contributed by atoms with Gasteiger partial charge in [-0.15, -0.1) is 0 Å². The van der Waals surface area contributed by atoms with Gasteiger partial charge in [-0.2, -0.15) is 0 Å². The molecule has 3 rings (SSSR count). The lowest BCUT2D eigenvalue weighted by atomic mass is 10.1. The smallest absolute Gasteiger partial charge is 0.327 e. The molecule has 7 nitrogen and oxygen atoms in total. The third-order valence-corrected chi connectivity index (χ3v) is 4.92. The number of carbonyl (C=O) groups is 2. The first-order valence-electron chi connectivity index (χ1n) is 9.40. The number of carbonyl (C=O) groups excluding carboxylic acids is 2. The fourth-order valence-electron chi connectivity index (χ4n) is 3.19. The van der Waals surface area contributed by atoms with Gasteiger partial charge in [0.05, 0.1) is 38.1 Å². The van der Waals surface area contributed by atoms with Crippen molar-refractivity contribution in [3.63, 3.8) is 0 Å². The summed E-state index contributed by atoms with van der Waals surface area (Å²) in [6.07, 6.45) is 1.86. The van der Waals surface area contributed by atoms with E-state index in [-0.39, 0.29) is 31.2 Å². The first-order chi connectivity index (χ1) is 13.9. The molecule has 2 aromatic rings. The van der Waals surface area contributed by atoms with E-state index in [9.17, 15) is 14.0 Å². The molecule has 2 heterocycles. The van der Waals surface area contributed by atoms with Gasteiger partial charge in [0, 0.05) is 10.6 Å². The second kappa shape index (κ2) is 9.17. The summed E-state index contributed by atoms with van der Waals surface area (Å²) in [5, 5.41) is 0.418. The summed E-state index contributed by atoms with van der Waals surface area (Å²) in [7, 11) is 0. The molecule has 1 saturated heterocycles. The summed E-state index contributed by atoms with van der Waals surface area (Å²) in [6.45, 7) is 3.81. The van der Waals surface area contributed by atoms with E-state index < -0.39 is 18.2 Å². The maximum absolute atomic E-state index is 14.6. The number of halogens is 2. The van der Waals surface area contributed by atoms with Gasteiger partial charge >= 0.3 is 6.03 Å². The molecule has 0 bridgehead atoms. The lowest BCUT2D eigenvalue weighted by Crippen LogP contribution is -2.43. The number of anilines is 1. The molecule has 0 spiro atoms. The van der Waals surface area contributed by atoms with Crippen LogP contribution in [0.3, 0.4) is 0 Å². The van der Waals surface area contributed by atoms with E-state index >= 15 is 0 Å². The standard InChI is InChI=1S/C20H22ClFN4O3/c1-3-16(22)17-11-26(19-23-9-15(10-24-19)29-4-2)20(28)25(17)12-18(27)13-6-5-7-14(21)8-13/h5-10,16-17H,3-4,11-12H2,1-2H3/t16-,17+/m0/s1. The SMILES string of the molecule is CCOc1cnc(N2C[C@H]([C@@H](F)CC)N(CC(=O)c3cccc(Cl)c3)C2=O)nc1. The highest BCUT2D eigenvalue weighted by Crippen LogP contribution is 2.26. The Morgan fingerprint density at radius 3 is 2.69 bits per heavy atom. The van der Waals surface area contributed by atoms with Crippen LogP contribution in [0.15, 0.2) is 36.7 Å². The Balaban J connectivity index is 1.82. The Kier molecular flexibility index (Phi) is 6.64. The molecular formula is C20H22ClFN4O3. The second-order valence-electron chi connectivity index (χ2n) is 6.60. The average Bonchev–Trinajstić information content (AvgIpc) is 3.04. The average molecular weight is 421 g/mol. The van der Waals surface area contributed by atoms with Gasteiger partial charge in [0.1, 0.15) is 6.17 Å². The summed E-state index contributed by atoms with van der Waals surface area (Å²) in [5.74, 6) is 0.303. The van der Waals surface area contributed by atoms with Crippen molar-refractivity contribution in [3.05, 3.63) is 47.2 Å². The maximum Gasteiger partial charge on any atom is 0.327 e. The molecule has 1 aliphatic heterocycles. The predicted octanol–water partition coefficient (Wildman–Crippen LogP) is 3.77. The predicted molar refractivity (Wildman–Crippen MR) is 107 cm³/mol. The summed E-state index contributed by atoms with van der Waals surface area (Å²) in [6, 6.07) is 5.17. The number of hydrogen-bond acceptors (Lipinski definition) is 5. The fourth-order valence-corrected chi connectivity index (χ4v) is 3.38. The molecule has 0 unspecified atom stereocenters. The van der Waals surface area contributed by atoms with Gasteiger partial charge in [-0.3, -0.25) is 9.69 Å². The Labute approximate surface area is 173 Å². The maximum atomic E-state index is 14.6. The number of hydrogen-bond donors (Lipinski definition) is 0. The van der Waals surface area contributed by atoms with Gasteiger partial charge < -0.3 is 9.64 Å². The molecule has 154 valence electrons. The molecule has 1 aliphatic rings. The molecule has 29 heavy (non-hydrogen) atoms. The number of benzene rings is 1. The Bertz CT molecular complexity index is 880. The van der Waals surface area contributed by atoms with Crippen molar-refractivity contribution in [2.75, 3.05) is 24.6 Å². The molecule has 0 N–H and O–H groups in total. The quantitative estimate of drug-likeness (QED) is 0.607. The number of urea groups is 1. The van der Waals surface area contributed by atoms with Gasteiger partial charge in [0.25, 0.3) is 0 Å². The number of rotatable bonds is 8. The van der Waals surface area contributed by atoms with Gasteiger partial charge in [-0.1, -0.05) is 30.7 Å². The van der Waals surface area contributed by atoms with Crippen molar-refractivity contribution < 1.29 is 18.7 Å². The fraction of sp³-hybridized carbons (Fsp3) is 0.400. The molecule has 1 aromatic carbocycles. The topological polar surface area (TPSA) is 75.6 Å². The van der Waals surface area contributed by atoms with Crippen molar-refractivity contribution in [2.45, 2.75) is 32.5 Å². The first-order valence-corrected chi connectivity index (χ1v) is 9.78. The van der Waals surface area contributed by atoms with Crippen LogP contribution < -0.4 is 9.64 Å². The van der Waals surface area contributed by atoms with Gasteiger partial charge in [0.15, 0.2) is 11.5 Å². The third kappa shape index (κ3) is 4.64. The van der Waals surface area contributed by atoms with Crippen molar-refractivity contribution in [1.82, 2.24) is 14.9 Å². The third-order valence-electron chi connectivity index (χ3n) is 4.68. The van der Waals surface area contributed by atoms with Gasteiger partial charge in [-0.25, -0.2) is 19.2 Å². The van der Waals surface area contributed by atoms with E-state index in [0.717, 1.165) is 0 Å². The van der Waals surface area contributed by atoms with Crippen LogP contribution >= 0.6 is 11.6 Å². The molecule has 2 atom stereocenters. The minimum absolute atomic E-state index is 0.0602. The Morgan fingerprint density at radius 1 is 1.34 bits per heavy atom. The van der Waals surface area contributed by atoms with Gasteiger partial charge in [-0.05, 0) is 25.5 Å². The number of ketones is 1. The van der Waals surface area contributed by atoms with E-state index in [1.54, 1.807) is 25.1 Å². The molecule has 9 heteroatoms. The van der Waals surface area contributed by atoms with Crippen molar-refractivity contribution in [3.8, 4) is 5.75 Å². The molecule has 1 aromatic heterocycles. The number of nitrogens with zero attached hydrogens (tertiary/aromatic N) is 4. The van der Waals surface area contributed by atoms with Crippen LogP contribution in [0.25, 0.3) is 0 Å². The van der Waals surface area contributed by atoms with Crippen LogP contribution in [0.5, 0.6) is 5.75 Å². The Hall–Kier alpha value is -2.74. The van der Waals surface area contributed by atoms with E-state index in [1.807, 2.05) is 6.92 Å². The summed E-state index contributed by atoms with van der Waals surface area (Å²) < 4.78 is 19.9. The molecule has 2 amide bonds. The number of aromatic nitrogens is 2. The minimum atomic E-state index is -1.28. The number of alkyl halides is 1. The summed E-state index contributed by atoms with van der Waals surface area (Å²) in [5.41, 5.74) is 0.367. The van der Waals surface area contributed by atoms with Crippen molar-refractivity contribution in [2.24, 2.45) is 0 Å². The van der Waals surface area contributed by atoms with E-state index in [0.29, 0.717) is 22.9 Å². The summed E-state index contributed by atoms with van der Waals surface area (Å²) >= 11 is 5.95. The zero-order valence-corrected chi connectivity index (χ0v) is 17.0. The molecular weight excluding hydrogens is 399 g/mol. The zero-order chi connectivity index (χ0) is 21.0. The zero-order valence-electron chi connectivity index (χ0n) is 16.2. The van der Waals surface area contributed by atoms with E-state index in [1.165, 1.54) is 28.3 Å². The number of ether oxygens (including phenoxy) is 1. The Morgan fingerprint density at radius 2 is 2.07 bits per heavy atom. The lowest BCUT2D eigenvalue weighted by Gasteiger charge is -2.24. The van der Waals surface area contributed by atoms with Crippen LogP contribution in [0.4, 0.5) is 15.1 Å².